The van der Waals surface area contributed by atoms with Gasteiger partial charge in [-0.3, -0.25) is 9.79 Å². The number of benzene rings is 1. The number of likely N-dealkylation sites (N-methyl/N-ethyl adjacent to an activating group) is 1. The Kier molecular flexibility index (Phi) is 9.98. The maximum Gasteiger partial charge on any atom is 0.242 e. The maximum atomic E-state index is 12.6. The van der Waals surface area contributed by atoms with E-state index in [0.29, 0.717) is 24.9 Å². The molecule has 0 radical (unpaired) electrons. The topological polar surface area (TPSA) is 47.9 Å². The molecule has 5 nitrogen and oxygen atoms in total. The predicted molar refractivity (Wildman–Crippen MR) is 119 cm³/mol. The summed E-state index contributed by atoms with van der Waals surface area (Å²) in [4.78, 5) is 21.1. The normalized spacial score (nSPS) is 20.3. The second-order valence-electron chi connectivity index (χ2n) is 7.15. The zero-order chi connectivity index (χ0) is 18.2. The van der Waals surface area contributed by atoms with Crippen molar-refractivity contribution >= 4 is 35.8 Å². The molecular weight excluding hydrogens is 439 g/mol. The van der Waals surface area contributed by atoms with E-state index in [1.54, 1.807) is 7.05 Å². The van der Waals surface area contributed by atoms with E-state index in [-0.39, 0.29) is 36.4 Å². The third kappa shape index (κ3) is 6.78. The van der Waals surface area contributed by atoms with Gasteiger partial charge in [0.15, 0.2) is 5.96 Å². The smallest absolute Gasteiger partial charge is 0.242 e. The van der Waals surface area contributed by atoms with Gasteiger partial charge in [-0.25, -0.2) is 0 Å². The van der Waals surface area contributed by atoms with Crippen LogP contribution in [0.2, 0.25) is 0 Å². The lowest BCUT2D eigenvalue weighted by Crippen LogP contribution is -2.50. The van der Waals surface area contributed by atoms with E-state index in [1.165, 1.54) is 6.42 Å². The molecule has 146 valence electrons. The van der Waals surface area contributed by atoms with Crippen LogP contribution >= 0.6 is 24.0 Å². The molecule has 2 unspecified atom stereocenters. The molecule has 1 aromatic rings. The molecule has 1 fully saturated rings. The van der Waals surface area contributed by atoms with Crippen molar-refractivity contribution in [2.24, 2.45) is 16.8 Å². The minimum atomic E-state index is 0. The Bertz CT molecular complexity index is 568. The number of aliphatic imine (C=N–C) groups is 1. The first-order valence-electron chi connectivity index (χ1n) is 9.30. The molecule has 1 saturated heterocycles. The Hall–Kier alpha value is -1.31. The van der Waals surface area contributed by atoms with Gasteiger partial charge in [0.25, 0.3) is 0 Å². The van der Waals surface area contributed by atoms with Crippen LogP contribution in [-0.2, 0) is 11.3 Å². The molecule has 2 rings (SSSR count). The van der Waals surface area contributed by atoms with Gasteiger partial charge in [0, 0.05) is 33.2 Å². The summed E-state index contributed by atoms with van der Waals surface area (Å²) in [6.07, 6.45) is 1.26. The second kappa shape index (κ2) is 11.4. The molecule has 26 heavy (non-hydrogen) atoms. The SMILES string of the molecule is CCN(Cc1ccccc1)C(=O)CNC(=NC)N1CC(C)CC(C)C1.I. The zero-order valence-corrected chi connectivity index (χ0v) is 18.8. The molecule has 0 aliphatic carbocycles. The lowest BCUT2D eigenvalue weighted by molar-refractivity contribution is -0.130. The van der Waals surface area contributed by atoms with E-state index >= 15 is 0 Å². The largest absolute Gasteiger partial charge is 0.347 e. The highest BCUT2D eigenvalue weighted by atomic mass is 127. The van der Waals surface area contributed by atoms with Gasteiger partial charge >= 0.3 is 0 Å². The highest BCUT2D eigenvalue weighted by Crippen LogP contribution is 2.20. The number of rotatable bonds is 5. The first-order chi connectivity index (χ1) is 12.0. The van der Waals surface area contributed by atoms with E-state index in [9.17, 15) is 4.79 Å². The Morgan fingerprint density at radius 3 is 2.38 bits per heavy atom. The van der Waals surface area contributed by atoms with Gasteiger partial charge in [0.1, 0.15) is 0 Å². The first kappa shape index (κ1) is 22.7. The van der Waals surface area contributed by atoms with Gasteiger partial charge < -0.3 is 15.1 Å². The lowest BCUT2D eigenvalue weighted by atomic mass is 9.92. The van der Waals surface area contributed by atoms with Crippen molar-refractivity contribution in [2.75, 3.05) is 33.2 Å². The molecule has 1 aliphatic rings. The first-order valence-corrected chi connectivity index (χ1v) is 9.30. The Morgan fingerprint density at radius 1 is 1.23 bits per heavy atom. The standard InChI is InChI=1S/C20H32N4O.HI/c1-5-23(15-18-9-7-6-8-10-18)19(25)12-22-20(21-4)24-13-16(2)11-17(3)14-24;/h6-10,16-17H,5,11-15H2,1-4H3,(H,21,22);1H. The van der Waals surface area contributed by atoms with Crippen LogP contribution in [0, 0.1) is 11.8 Å². The number of nitrogens with zero attached hydrogens (tertiary/aromatic N) is 3. The van der Waals surface area contributed by atoms with Crippen LogP contribution in [0.5, 0.6) is 0 Å². The molecular formula is C20H33IN4O. The van der Waals surface area contributed by atoms with Crippen LogP contribution in [0.15, 0.2) is 35.3 Å². The van der Waals surface area contributed by atoms with Gasteiger partial charge in [-0.2, -0.15) is 0 Å². The second-order valence-corrected chi connectivity index (χ2v) is 7.15. The van der Waals surface area contributed by atoms with Crippen molar-refractivity contribution in [2.45, 2.75) is 33.7 Å². The number of hydrogen-bond acceptors (Lipinski definition) is 2. The van der Waals surface area contributed by atoms with Gasteiger partial charge in [-0.05, 0) is 30.7 Å². The van der Waals surface area contributed by atoms with Crippen molar-refractivity contribution in [3.05, 3.63) is 35.9 Å². The van der Waals surface area contributed by atoms with Crippen molar-refractivity contribution < 1.29 is 4.79 Å². The number of carbonyl (C=O) groups excluding carboxylic acids is 1. The van der Waals surface area contributed by atoms with Crippen LogP contribution in [0.4, 0.5) is 0 Å². The van der Waals surface area contributed by atoms with E-state index in [4.69, 9.17) is 0 Å². The summed E-state index contributed by atoms with van der Waals surface area (Å²) in [7, 11) is 1.79. The Morgan fingerprint density at radius 2 is 1.85 bits per heavy atom. The fourth-order valence-electron chi connectivity index (χ4n) is 3.61. The fourth-order valence-corrected chi connectivity index (χ4v) is 3.61. The third-order valence-corrected chi connectivity index (χ3v) is 4.73. The monoisotopic (exact) mass is 472 g/mol. The average Bonchev–Trinajstić information content (AvgIpc) is 2.60. The quantitative estimate of drug-likeness (QED) is 0.407. The van der Waals surface area contributed by atoms with Crippen molar-refractivity contribution in [3.8, 4) is 0 Å². The van der Waals surface area contributed by atoms with Crippen molar-refractivity contribution in [3.63, 3.8) is 0 Å². The molecule has 1 aliphatic heterocycles. The Labute approximate surface area is 175 Å². The summed E-state index contributed by atoms with van der Waals surface area (Å²) in [6.45, 7) is 10.2. The summed E-state index contributed by atoms with van der Waals surface area (Å²) < 4.78 is 0. The molecule has 2 atom stereocenters. The number of carbonyl (C=O) groups is 1. The van der Waals surface area contributed by atoms with E-state index in [0.717, 1.165) is 24.6 Å². The summed E-state index contributed by atoms with van der Waals surface area (Å²) in [5.74, 6) is 2.25. The highest BCUT2D eigenvalue weighted by Gasteiger charge is 2.24. The number of guanidine groups is 1. The molecule has 0 aromatic heterocycles. The molecule has 1 aromatic carbocycles. The van der Waals surface area contributed by atoms with E-state index < -0.39 is 0 Å². The molecule has 6 heteroatoms. The third-order valence-electron chi connectivity index (χ3n) is 4.73. The fraction of sp³-hybridized carbons (Fsp3) is 0.600. The minimum Gasteiger partial charge on any atom is -0.347 e. The van der Waals surface area contributed by atoms with Gasteiger partial charge in [-0.1, -0.05) is 44.2 Å². The number of nitrogens with one attached hydrogen (secondary N) is 1. The zero-order valence-electron chi connectivity index (χ0n) is 16.4. The summed E-state index contributed by atoms with van der Waals surface area (Å²) >= 11 is 0. The summed E-state index contributed by atoms with van der Waals surface area (Å²) in [5, 5.41) is 3.27. The van der Waals surface area contributed by atoms with Crippen molar-refractivity contribution in [1.82, 2.24) is 15.1 Å². The lowest BCUT2D eigenvalue weighted by Gasteiger charge is -2.37. The molecule has 0 bridgehead atoms. The number of piperidine rings is 1. The van der Waals surface area contributed by atoms with Crippen molar-refractivity contribution in [1.29, 1.82) is 0 Å². The van der Waals surface area contributed by atoms with Gasteiger partial charge in [0.05, 0.1) is 6.54 Å². The van der Waals surface area contributed by atoms with Crippen LogP contribution in [0.3, 0.4) is 0 Å². The van der Waals surface area contributed by atoms with Crippen LogP contribution in [-0.4, -0.2) is 54.9 Å². The maximum absolute atomic E-state index is 12.6. The van der Waals surface area contributed by atoms with E-state index in [2.05, 4.69) is 41.2 Å². The summed E-state index contributed by atoms with van der Waals surface area (Å²) in [5.41, 5.74) is 1.15. The molecule has 1 heterocycles. The molecule has 0 saturated carbocycles. The highest BCUT2D eigenvalue weighted by molar-refractivity contribution is 14.0. The van der Waals surface area contributed by atoms with Gasteiger partial charge in [-0.15, -0.1) is 24.0 Å². The minimum absolute atomic E-state index is 0. The predicted octanol–water partition coefficient (Wildman–Crippen LogP) is 3.21. The molecule has 1 N–H and O–H groups in total. The molecule has 0 spiro atoms. The van der Waals surface area contributed by atoms with Gasteiger partial charge in [0.2, 0.25) is 5.91 Å². The Balaban J connectivity index is 0.00000338. The van der Waals surface area contributed by atoms with Crippen LogP contribution in [0.1, 0.15) is 32.8 Å². The van der Waals surface area contributed by atoms with Crippen LogP contribution < -0.4 is 5.32 Å². The number of amides is 1. The van der Waals surface area contributed by atoms with Crippen LogP contribution in [0.25, 0.3) is 0 Å². The molecule has 1 amide bonds. The summed E-state index contributed by atoms with van der Waals surface area (Å²) in [6, 6.07) is 10.1. The number of hydrogen-bond donors (Lipinski definition) is 1. The number of halogens is 1. The van der Waals surface area contributed by atoms with E-state index in [1.807, 2.05) is 30.0 Å². The number of likely N-dealkylation sites (tertiary alicyclic amines) is 1. The average molecular weight is 472 g/mol.